The van der Waals surface area contributed by atoms with E-state index in [2.05, 4.69) is 0 Å². The topological polar surface area (TPSA) is 46.6 Å². The van der Waals surface area contributed by atoms with Crippen LogP contribution < -0.4 is 0 Å². The standard InChI is InChI=1S/C13H21NO3/c1-4-6-10(2)12(15)14-8-5-7-11(9-14)13(16)17-3/h6,11H,4-5,7-9H2,1-3H3/b10-6-. The number of amides is 1. The van der Waals surface area contributed by atoms with Gasteiger partial charge in [0.1, 0.15) is 0 Å². The molecule has 96 valence electrons. The van der Waals surface area contributed by atoms with Crippen LogP contribution in [-0.2, 0) is 14.3 Å². The highest BCUT2D eigenvalue weighted by atomic mass is 16.5. The summed E-state index contributed by atoms with van der Waals surface area (Å²) >= 11 is 0. The molecular weight excluding hydrogens is 218 g/mol. The Hall–Kier alpha value is -1.32. The number of hydrogen-bond acceptors (Lipinski definition) is 3. The van der Waals surface area contributed by atoms with Gasteiger partial charge >= 0.3 is 5.97 Å². The maximum Gasteiger partial charge on any atom is 0.310 e. The summed E-state index contributed by atoms with van der Waals surface area (Å²) in [5.74, 6) is -0.327. The van der Waals surface area contributed by atoms with Crippen molar-refractivity contribution < 1.29 is 14.3 Å². The van der Waals surface area contributed by atoms with Gasteiger partial charge in [0.2, 0.25) is 5.91 Å². The van der Waals surface area contributed by atoms with Gasteiger partial charge in [-0.25, -0.2) is 0 Å². The zero-order chi connectivity index (χ0) is 12.8. The van der Waals surface area contributed by atoms with Gasteiger partial charge in [-0.15, -0.1) is 0 Å². The van der Waals surface area contributed by atoms with E-state index in [1.54, 1.807) is 4.90 Å². The molecular formula is C13H21NO3. The monoisotopic (exact) mass is 239 g/mol. The second-order valence-corrected chi connectivity index (χ2v) is 4.41. The average Bonchev–Trinajstić information content (AvgIpc) is 2.37. The minimum atomic E-state index is -0.209. The molecule has 1 saturated heterocycles. The van der Waals surface area contributed by atoms with Crippen LogP contribution >= 0.6 is 0 Å². The van der Waals surface area contributed by atoms with Crippen molar-refractivity contribution in [2.24, 2.45) is 5.92 Å². The summed E-state index contributed by atoms with van der Waals surface area (Å²) in [5, 5.41) is 0. The Morgan fingerprint density at radius 2 is 2.18 bits per heavy atom. The second kappa shape index (κ2) is 6.42. The maximum atomic E-state index is 12.1. The molecule has 1 aliphatic heterocycles. The largest absolute Gasteiger partial charge is 0.469 e. The number of piperidine rings is 1. The molecule has 1 rings (SSSR count). The molecule has 17 heavy (non-hydrogen) atoms. The molecule has 0 aliphatic carbocycles. The summed E-state index contributed by atoms with van der Waals surface area (Å²) in [6.45, 7) is 5.06. The summed E-state index contributed by atoms with van der Waals surface area (Å²) in [5.41, 5.74) is 0.762. The van der Waals surface area contributed by atoms with Gasteiger partial charge in [0.25, 0.3) is 0 Å². The Labute approximate surface area is 103 Å². The summed E-state index contributed by atoms with van der Waals surface area (Å²) in [7, 11) is 1.39. The fraction of sp³-hybridized carbons (Fsp3) is 0.692. The maximum absolute atomic E-state index is 12.1. The van der Waals surface area contributed by atoms with Gasteiger partial charge in [0.15, 0.2) is 0 Å². The third-order valence-electron chi connectivity index (χ3n) is 3.09. The number of rotatable bonds is 3. The number of allylic oxidation sites excluding steroid dienone is 1. The predicted octanol–water partition coefficient (Wildman–Crippen LogP) is 1.75. The minimum Gasteiger partial charge on any atom is -0.469 e. The van der Waals surface area contributed by atoms with Crippen molar-refractivity contribution in [2.45, 2.75) is 33.1 Å². The molecule has 1 aliphatic rings. The minimum absolute atomic E-state index is 0.0421. The van der Waals surface area contributed by atoms with Crippen LogP contribution in [0.2, 0.25) is 0 Å². The zero-order valence-corrected chi connectivity index (χ0v) is 10.9. The molecule has 0 aromatic heterocycles. The van der Waals surface area contributed by atoms with E-state index in [0.717, 1.165) is 31.4 Å². The van der Waals surface area contributed by atoms with Gasteiger partial charge in [-0.05, 0) is 26.2 Å². The fourth-order valence-corrected chi connectivity index (χ4v) is 2.16. The van der Waals surface area contributed by atoms with Crippen LogP contribution in [0.3, 0.4) is 0 Å². The molecule has 0 saturated carbocycles. The normalized spacial score (nSPS) is 21.2. The van der Waals surface area contributed by atoms with Crippen LogP contribution in [0.25, 0.3) is 0 Å². The molecule has 1 heterocycles. The number of likely N-dealkylation sites (tertiary alicyclic amines) is 1. The third-order valence-corrected chi connectivity index (χ3v) is 3.09. The fourth-order valence-electron chi connectivity index (χ4n) is 2.16. The van der Waals surface area contributed by atoms with Crippen molar-refractivity contribution in [2.75, 3.05) is 20.2 Å². The molecule has 4 nitrogen and oxygen atoms in total. The first-order valence-corrected chi connectivity index (χ1v) is 6.14. The molecule has 1 amide bonds. The van der Waals surface area contributed by atoms with Gasteiger partial charge in [-0.2, -0.15) is 0 Å². The quantitative estimate of drug-likeness (QED) is 0.557. The van der Waals surface area contributed by atoms with E-state index in [-0.39, 0.29) is 17.8 Å². The zero-order valence-electron chi connectivity index (χ0n) is 10.9. The number of hydrogen-bond donors (Lipinski definition) is 0. The molecule has 1 fully saturated rings. The number of esters is 1. The summed E-state index contributed by atoms with van der Waals surface area (Å²) < 4.78 is 4.73. The van der Waals surface area contributed by atoms with Crippen LogP contribution in [0.1, 0.15) is 33.1 Å². The van der Waals surface area contributed by atoms with Gasteiger partial charge in [-0.1, -0.05) is 13.0 Å². The van der Waals surface area contributed by atoms with Crippen LogP contribution in [0.4, 0.5) is 0 Å². The Balaban J connectivity index is 2.63. The Bertz CT molecular complexity index is 323. The van der Waals surface area contributed by atoms with Crippen LogP contribution in [0, 0.1) is 5.92 Å². The van der Waals surface area contributed by atoms with E-state index in [9.17, 15) is 9.59 Å². The van der Waals surface area contributed by atoms with Gasteiger partial charge in [0.05, 0.1) is 13.0 Å². The lowest BCUT2D eigenvalue weighted by Crippen LogP contribution is -2.43. The summed E-state index contributed by atoms with van der Waals surface area (Å²) in [4.78, 5) is 25.3. The highest BCUT2D eigenvalue weighted by Gasteiger charge is 2.29. The summed E-state index contributed by atoms with van der Waals surface area (Å²) in [6, 6.07) is 0. The van der Waals surface area contributed by atoms with Gasteiger partial charge < -0.3 is 9.64 Å². The van der Waals surface area contributed by atoms with Crippen molar-refractivity contribution in [3.8, 4) is 0 Å². The van der Waals surface area contributed by atoms with E-state index in [1.807, 2.05) is 19.9 Å². The molecule has 0 bridgehead atoms. The lowest BCUT2D eigenvalue weighted by molar-refractivity contribution is -0.148. The predicted molar refractivity (Wildman–Crippen MR) is 65.4 cm³/mol. The first-order chi connectivity index (χ1) is 8.10. The molecule has 0 N–H and O–H groups in total. The number of methoxy groups -OCH3 is 1. The first-order valence-electron chi connectivity index (χ1n) is 6.14. The van der Waals surface area contributed by atoms with Crippen LogP contribution in [0.5, 0.6) is 0 Å². The smallest absolute Gasteiger partial charge is 0.310 e. The van der Waals surface area contributed by atoms with Crippen molar-refractivity contribution in [1.29, 1.82) is 0 Å². The number of nitrogens with zero attached hydrogens (tertiary/aromatic N) is 1. The first kappa shape index (κ1) is 13.7. The van der Waals surface area contributed by atoms with E-state index in [4.69, 9.17) is 4.74 Å². The van der Waals surface area contributed by atoms with E-state index < -0.39 is 0 Å². The van der Waals surface area contributed by atoms with E-state index in [0.29, 0.717) is 6.54 Å². The number of carbonyl (C=O) groups excluding carboxylic acids is 2. The highest BCUT2D eigenvalue weighted by Crippen LogP contribution is 2.19. The second-order valence-electron chi connectivity index (χ2n) is 4.41. The highest BCUT2D eigenvalue weighted by molar-refractivity contribution is 5.93. The Kier molecular flexibility index (Phi) is 5.19. The van der Waals surface area contributed by atoms with Crippen molar-refractivity contribution in [3.05, 3.63) is 11.6 Å². The van der Waals surface area contributed by atoms with E-state index >= 15 is 0 Å². The SMILES string of the molecule is CC/C=C(/C)C(=O)N1CCCC(C(=O)OC)C1. The molecule has 1 atom stereocenters. The van der Waals surface area contributed by atoms with Gasteiger partial charge in [0, 0.05) is 18.7 Å². The van der Waals surface area contributed by atoms with E-state index in [1.165, 1.54) is 7.11 Å². The number of ether oxygens (including phenoxy) is 1. The Morgan fingerprint density at radius 1 is 1.47 bits per heavy atom. The lowest BCUT2D eigenvalue weighted by Gasteiger charge is -2.31. The van der Waals surface area contributed by atoms with Crippen LogP contribution in [-0.4, -0.2) is 37.0 Å². The third kappa shape index (κ3) is 3.58. The Morgan fingerprint density at radius 3 is 2.76 bits per heavy atom. The van der Waals surface area contributed by atoms with Crippen LogP contribution in [0.15, 0.2) is 11.6 Å². The van der Waals surface area contributed by atoms with Crippen molar-refractivity contribution >= 4 is 11.9 Å². The van der Waals surface area contributed by atoms with Crippen molar-refractivity contribution in [1.82, 2.24) is 4.90 Å². The molecule has 0 spiro atoms. The molecule has 4 heteroatoms. The lowest BCUT2D eigenvalue weighted by atomic mass is 9.97. The summed E-state index contributed by atoms with van der Waals surface area (Å²) in [6.07, 6.45) is 4.45. The van der Waals surface area contributed by atoms with Gasteiger partial charge in [-0.3, -0.25) is 9.59 Å². The molecule has 0 radical (unpaired) electrons. The van der Waals surface area contributed by atoms with Crippen molar-refractivity contribution in [3.63, 3.8) is 0 Å². The number of carbonyl (C=O) groups is 2. The average molecular weight is 239 g/mol. The molecule has 1 unspecified atom stereocenters. The molecule has 0 aromatic rings. The molecule has 0 aromatic carbocycles.